The van der Waals surface area contributed by atoms with Gasteiger partial charge in [0.25, 0.3) is 0 Å². The van der Waals surface area contributed by atoms with Crippen molar-refractivity contribution in [3.05, 3.63) is 53.7 Å². The Morgan fingerprint density at radius 2 is 2.07 bits per heavy atom. The van der Waals surface area contributed by atoms with E-state index in [-0.39, 0.29) is 18.6 Å². The Hall–Kier alpha value is -2.93. The van der Waals surface area contributed by atoms with Crippen molar-refractivity contribution in [3.63, 3.8) is 0 Å². The molecular weight excluding hydrogens is 354 g/mol. The second kappa shape index (κ2) is 11.0. The van der Waals surface area contributed by atoms with E-state index in [1.807, 2.05) is 43.3 Å². The first kappa shape index (κ1) is 21.4. The van der Waals surface area contributed by atoms with Crippen molar-refractivity contribution in [2.75, 3.05) is 6.61 Å². The fourth-order valence-electron chi connectivity index (χ4n) is 2.79. The number of para-hydroxylation sites is 1. The summed E-state index contributed by atoms with van der Waals surface area (Å²) in [5.41, 5.74) is 7.47. The molecule has 1 aromatic carbocycles. The Morgan fingerprint density at radius 3 is 2.79 bits per heavy atom. The number of aromatic nitrogens is 1. The smallest absolute Gasteiger partial charge is 0.221 e. The number of aliphatic imine (C=N–C) groups is 2. The Bertz CT molecular complexity index is 842. The fraction of sp³-hybridized carbons (Fsp3) is 0.381. The number of hydrogen-bond donors (Lipinski definition) is 3. The summed E-state index contributed by atoms with van der Waals surface area (Å²) in [4.78, 5) is 12.5. The van der Waals surface area contributed by atoms with Crippen LogP contribution in [0, 0.1) is 0 Å². The maximum absolute atomic E-state index is 9.30. The van der Waals surface area contributed by atoms with E-state index in [0.29, 0.717) is 24.6 Å². The minimum absolute atomic E-state index is 0.0496. The van der Waals surface area contributed by atoms with Gasteiger partial charge in [-0.3, -0.25) is 0 Å². The van der Waals surface area contributed by atoms with E-state index in [0.717, 1.165) is 29.4 Å². The van der Waals surface area contributed by atoms with E-state index < -0.39 is 0 Å². The Kier molecular flexibility index (Phi) is 8.42. The van der Waals surface area contributed by atoms with Gasteiger partial charge in [0.1, 0.15) is 12.4 Å². The van der Waals surface area contributed by atoms with Crippen LogP contribution < -0.4 is 11.1 Å². The van der Waals surface area contributed by atoms with Gasteiger partial charge in [-0.1, -0.05) is 37.6 Å². The Morgan fingerprint density at radius 1 is 1.29 bits per heavy atom. The summed E-state index contributed by atoms with van der Waals surface area (Å²) >= 11 is 0. The molecule has 2 aromatic rings. The van der Waals surface area contributed by atoms with Crippen molar-refractivity contribution >= 4 is 23.6 Å². The first-order valence-electron chi connectivity index (χ1n) is 9.44. The molecule has 2 rings (SSSR count). The van der Waals surface area contributed by atoms with Gasteiger partial charge in [0.15, 0.2) is 5.82 Å². The van der Waals surface area contributed by atoms with Gasteiger partial charge in [-0.25, -0.2) is 9.98 Å². The van der Waals surface area contributed by atoms with Gasteiger partial charge in [-0.15, -0.1) is 0 Å². The molecule has 0 unspecified atom stereocenters. The highest BCUT2D eigenvalue weighted by Gasteiger charge is 2.12. The summed E-state index contributed by atoms with van der Waals surface area (Å²) in [6.07, 6.45) is 2.47. The lowest BCUT2D eigenvalue weighted by molar-refractivity contribution is 0.189. The summed E-state index contributed by atoms with van der Waals surface area (Å²) < 4.78 is 5.91. The minimum atomic E-state index is 0.0496. The van der Waals surface area contributed by atoms with E-state index in [2.05, 4.69) is 33.9 Å². The van der Waals surface area contributed by atoms with Crippen molar-refractivity contribution in [1.82, 2.24) is 10.3 Å². The van der Waals surface area contributed by atoms with Crippen LogP contribution in [0.15, 0.2) is 58.0 Å². The molecule has 0 aliphatic carbocycles. The third-order valence-electron chi connectivity index (χ3n) is 4.27. The molecule has 150 valence electrons. The number of ether oxygens (including phenoxy) is 1. The predicted molar refractivity (Wildman–Crippen MR) is 114 cm³/mol. The molecule has 1 aromatic heterocycles. The van der Waals surface area contributed by atoms with Crippen LogP contribution in [0.5, 0.6) is 0 Å². The SMILES string of the molecule is C=N/C(N)=N\C(N[C@@H](CCC)CCO)=C(/C)OCc1ccc2ccccc2n1. The standard InChI is InChI=1S/C21H29N5O2/c1-4-7-17(12-13-27)25-20(26-21(22)23-3)15(2)28-14-18-11-10-16-8-5-6-9-19(16)24-18/h5-6,8-11,17,25,27H,3-4,7,12-14H2,1-2H3,(H2,22,26)/b20-15+/t17-/m0/s1. The molecule has 0 aliphatic rings. The van der Waals surface area contributed by atoms with Crippen LogP contribution in [-0.2, 0) is 11.3 Å². The van der Waals surface area contributed by atoms with Gasteiger partial charge in [-0.05, 0) is 38.6 Å². The van der Waals surface area contributed by atoms with E-state index in [4.69, 9.17) is 10.5 Å². The third-order valence-corrected chi connectivity index (χ3v) is 4.27. The molecule has 0 radical (unpaired) electrons. The van der Waals surface area contributed by atoms with Crippen LogP contribution in [-0.4, -0.2) is 35.4 Å². The van der Waals surface area contributed by atoms with E-state index >= 15 is 0 Å². The summed E-state index contributed by atoms with van der Waals surface area (Å²) in [7, 11) is 0. The lowest BCUT2D eigenvalue weighted by Gasteiger charge is -2.20. The largest absolute Gasteiger partial charge is 0.488 e. The highest BCUT2D eigenvalue weighted by atomic mass is 16.5. The number of benzene rings is 1. The number of allylic oxidation sites excluding steroid dienone is 1. The zero-order chi connectivity index (χ0) is 20.4. The maximum atomic E-state index is 9.30. The van der Waals surface area contributed by atoms with Crippen LogP contribution in [0.1, 0.15) is 38.8 Å². The van der Waals surface area contributed by atoms with Crippen LogP contribution in [0.4, 0.5) is 0 Å². The van der Waals surface area contributed by atoms with Gasteiger partial charge >= 0.3 is 0 Å². The summed E-state index contributed by atoms with van der Waals surface area (Å²) in [5.74, 6) is 1.10. The predicted octanol–water partition coefficient (Wildman–Crippen LogP) is 3.10. The Labute approximate surface area is 166 Å². The molecule has 0 saturated heterocycles. The molecule has 0 fully saturated rings. The lowest BCUT2D eigenvalue weighted by atomic mass is 10.1. The molecule has 0 spiro atoms. The number of rotatable bonds is 10. The van der Waals surface area contributed by atoms with Gasteiger partial charge < -0.3 is 20.9 Å². The van der Waals surface area contributed by atoms with E-state index in [9.17, 15) is 5.11 Å². The number of nitrogens with two attached hydrogens (primary N) is 1. The number of pyridine rings is 1. The number of nitrogens with one attached hydrogen (secondary N) is 1. The van der Waals surface area contributed by atoms with Crippen LogP contribution in [0.25, 0.3) is 10.9 Å². The molecule has 0 bridgehead atoms. The monoisotopic (exact) mass is 383 g/mol. The molecule has 1 heterocycles. The highest BCUT2D eigenvalue weighted by Crippen LogP contribution is 2.15. The first-order chi connectivity index (χ1) is 13.6. The number of fused-ring (bicyclic) bond motifs is 1. The molecule has 7 nitrogen and oxygen atoms in total. The van der Waals surface area contributed by atoms with E-state index in [1.165, 1.54) is 0 Å². The molecule has 0 aliphatic heterocycles. The molecule has 0 amide bonds. The normalized spacial score (nSPS) is 13.8. The quantitative estimate of drug-likeness (QED) is 0.332. The van der Waals surface area contributed by atoms with E-state index in [1.54, 1.807) is 0 Å². The maximum Gasteiger partial charge on any atom is 0.221 e. The zero-order valence-electron chi connectivity index (χ0n) is 16.6. The average Bonchev–Trinajstić information content (AvgIpc) is 2.71. The first-order valence-corrected chi connectivity index (χ1v) is 9.44. The molecular formula is C21H29N5O2. The van der Waals surface area contributed by atoms with Gasteiger partial charge in [0.05, 0.1) is 11.2 Å². The Balaban J connectivity index is 2.18. The van der Waals surface area contributed by atoms with Gasteiger partial charge in [0, 0.05) is 18.0 Å². The van der Waals surface area contributed by atoms with Crippen LogP contribution in [0.2, 0.25) is 0 Å². The van der Waals surface area contributed by atoms with Gasteiger partial charge in [0.2, 0.25) is 5.96 Å². The number of aliphatic hydroxyl groups is 1. The topological polar surface area (TPSA) is 105 Å². The van der Waals surface area contributed by atoms with Crippen molar-refractivity contribution in [2.45, 2.75) is 45.8 Å². The van der Waals surface area contributed by atoms with Crippen molar-refractivity contribution in [1.29, 1.82) is 0 Å². The lowest BCUT2D eigenvalue weighted by Crippen LogP contribution is -2.30. The van der Waals surface area contributed by atoms with Crippen molar-refractivity contribution < 1.29 is 9.84 Å². The molecule has 4 N–H and O–H groups in total. The van der Waals surface area contributed by atoms with Crippen LogP contribution in [0.3, 0.4) is 0 Å². The summed E-state index contributed by atoms with van der Waals surface area (Å²) in [5, 5.41) is 13.7. The molecule has 7 heteroatoms. The third kappa shape index (κ3) is 6.35. The van der Waals surface area contributed by atoms with Crippen molar-refractivity contribution in [3.8, 4) is 0 Å². The molecule has 0 saturated carbocycles. The minimum Gasteiger partial charge on any atom is -0.488 e. The molecule has 28 heavy (non-hydrogen) atoms. The van der Waals surface area contributed by atoms with Gasteiger partial charge in [-0.2, -0.15) is 4.99 Å². The zero-order valence-corrected chi connectivity index (χ0v) is 16.6. The van der Waals surface area contributed by atoms with Crippen molar-refractivity contribution in [2.24, 2.45) is 15.7 Å². The number of aliphatic hydroxyl groups excluding tert-OH is 1. The molecule has 1 atom stereocenters. The summed E-state index contributed by atoms with van der Waals surface area (Å²) in [6.45, 7) is 7.69. The second-order valence-corrected chi connectivity index (χ2v) is 6.46. The number of nitrogens with zero attached hydrogens (tertiary/aromatic N) is 3. The van der Waals surface area contributed by atoms with Crippen LogP contribution >= 0.6 is 0 Å². The summed E-state index contributed by atoms with van der Waals surface area (Å²) in [6, 6.07) is 12.0. The number of hydrogen-bond acceptors (Lipinski definition) is 5. The fourth-order valence-corrected chi connectivity index (χ4v) is 2.79. The highest BCUT2D eigenvalue weighted by molar-refractivity contribution is 5.83. The average molecular weight is 383 g/mol. The number of guanidine groups is 1. The second-order valence-electron chi connectivity index (χ2n) is 6.46.